The summed E-state index contributed by atoms with van der Waals surface area (Å²) < 4.78 is 21.2. The van der Waals surface area contributed by atoms with Crippen molar-refractivity contribution in [2.45, 2.75) is 19.9 Å². The predicted molar refractivity (Wildman–Crippen MR) is 68.5 cm³/mol. The number of carbonyl (C=O) groups is 1. The van der Waals surface area contributed by atoms with Gasteiger partial charge in [0.25, 0.3) is 0 Å². The summed E-state index contributed by atoms with van der Waals surface area (Å²) in [6.45, 7) is 3.91. The van der Waals surface area contributed by atoms with E-state index in [0.29, 0.717) is 29.7 Å². The normalized spacial score (nSPS) is 17.3. The maximum Gasteiger partial charge on any atom is 0.200 e. The summed E-state index contributed by atoms with van der Waals surface area (Å²) in [5.74, 6) is -0.105. The molecule has 4 nitrogen and oxygen atoms in total. The molecule has 0 N–H and O–H groups in total. The lowest BCUT2D eigenvalue weighted by atomic mass is 10.0. The third-order valence-electron chi connectivity index (χ3n) is 3.55. The van der Waals surface area contributed by atoms with Gasteiger partial charge in [0.1, 0.15) is 18.2 Å². The summed E-state index contributed by atoms with van der Waals surface area (Å²) in [5, 5.41) is 0.189. The highest BCUT2D eigenvalue weighted by atomic mass is 19.1. The number of benzene rings is 1. The van der Waals surface area contributed by atoms with Gasteiger partial charge in [0.05, 0.1) is 22.5 Å². The Morgan fingerprint density at radius 2 is 2.26 bits per heavy atom. The number of ether oxygens (including phenoxy) is 1. The van der Waals surface area contributed by atoms with Crippen molar-refractivity contribution in [1.82, 2.24) is 4.57 Å². The number of hydrogen-bond donors (Lipinski definition) is 0. The van der Waals surface area contributed by atoms with E-state index in [4.69, 9.17) is 4.74 Å². The maximum atomic E-state index is 13.8. The Morgan fingerprint density at radius 1 is 1.53 bits per heavy atom. The van der Waals surface area contributed by atoms with E-state index in [0.717, 1.165) is 0 Å². The van der Waals surface area contributed by atoms with Gasteiger partial charge in [-0.15, -0.1) is 0 Å². The minimum atomic E-state index is -0.497. The topological polar surface area (TPSA) is 48.3 Å². The van der Waals surface area contributed by atoms with E-state index < -0.39 is 11.2 Å². The molecule has 1 aromatic heterocycles. The van der Waals surface area contributed by atoms with Crippen LogP contribution in [0, 0.1) is 12.7 Å². The summed E-state index contributed by atoms with van der Waals surface area (Å²) in [7, 11) is 0. The van der Waals surface area contributed by atoms with Crippen LogP contribution in [0.3, 0.4) is 0 Å². The lowest BCUT2D eigenvalue weighted by molar-refractivity contribution is 0.112. The molecular formula is C14H12FNO3. The molecule has 1 aliphatic heterocycles. The Morgan fingerprint density at radius 3 is 2.95 bits per heavy atom. The van der Waals surface area contributed by atoms with Crippen LogP contribution < -0.4 is 10.2 Å². The van der Waals surface area contributed by atoms with Gasteiger partial charge in [-0.25, -0.2) is 4.39 Å². The molecule has 0 saturated carbocycles. The number of aromatic nitrogens is 1. The monoisotopic (exact) mass is 261 g/mol. The lowest BCUT2D eigenvalue weighted by Crippen LogP contribution is -2.25. The Hall–Kier alpha value is -2.17. The van der Waals surface area contributed by atoms with Crippen LogP contribution in [0.15, 0.2) is 17.1 Å². The molecule has 2 heterocycles. The third kappa shape index (κ3) is 1.51. The zero-order chi connectivity index (χ0) is 13.7. The van der Waals surface area contributed by atoms with Crippen LogP contribution >= 0.6 is 0 Å². The fourth-order valence-electron chi connectivity index (χ4n) is 2.46. The minimum absolute atomic E-state index is 0.0147. The van der Waals surface area contributed by atoms with Gasteiger partial charge in [-0.05, 0) is 19.9 Å². The minimum Gasteiger partial charge on any atom is -0.489 e. The smallest absolute Gasteiger partial charge is 0.200 e. The van der Waals surface area contributed by atoms with Gasteiger partial charge < -0.3 is 9.30 Å². The molecule has 5 heteroatoms. The van der Waals surface area contributed by atoms with Crippen molar-refractivity contribution in [2.24, 2.45) is 0 Å². The highest BCUT2D eigenvalue weighted by molar-refractivity contribution is 5.91. The van der Waals surface area contributed by atoms with E-state index in [-0.39, 0.29) is 17.0 Å². The zero-order valence-corrected chi connectivity index (χ0v) is 10.6. The first-order valence-corrected chi connectivity index (χ1v) is 6.00. The van der Waals surface area contributed by atoms with Crippen molar-refractivity contribution < 1.29 is 13.9 Å². The molecule has 2 aromatic rings. The Balaban J connectivity index is 2.59. The fourth-order valence-corrected chi connectivity index (χ4v) is 2.46. The van der Waals surface area contributed by atoms with Crippen LogP contribution in [0.25, 0.3) is 10.9 Å². The van der Waals surface area contributed by atoms with E-state index in [1.165, 1.54) is 12.3 Å². The molecule has 3 rings (SSSR count). The maximum absolute atomic E-state index is 13.8. The molecule has 0 fully saturated rings. The molecule has 1 aliphatic rings. The second-order valence-electron chi connectivity index (χ2n) is 4.81. The SMILES string of the molecule is Cc1c(F)cc2c(=O)c(C=O)cn3c2c1OC[C@@H]3C. The third-order valence-corrected chi connectivity index (χ3v) is 3.55. The summed E-state index contributed by atoms with van der Waals surface area (Å²) in [4.78, 5) is 23.1. The second kappa shape index (κ2) is 3.91. The van der Waals surface area contributed by atoms with Gasteiger partial charge in [0, 0.05) is 11.8 Å². The predicted octanol–water partition coefficient (Wildman–Crippen LogP) is 2.21. The van der Waals surface area contributed by atoms with Gasteiger partial charge in [-0.1, -0.05) is 0 Å². The standard InChI is InChI=1S/C14H12FNO3/c1-7-6-19-14-8(2)11(15)3-10-12(14)16(7)4-9(5-17)13(10)18/h3-5,7H,6H2,1-2H3/t7-/m0/s1. The first-order chi connectivity index (χ1) is 9.04. The lowest BCUT2D eigenvalue weighted by Gasteiger charge is -2.27. The molecule has 0 amide bonds. The van der Waals surface area contributed by atoms with Gasteiger partial charge in [-0.2, -0.15) is 0 Å². The van der Waals surface area contributed by atoms with Gasteiger partial charge in [-0.3, -0.25) is 9.59 Å². The molecule has 98 valence electrons. The van der Waals surface area contributed by atoms with Gasteiger partial charge in [0.15, 0.2) is 11.7 Å². The van der Waals surface area contributed by atoms with E-state index in [1.54, 1.807) is 6.92 Å². The molecule has 0 radical (unpaired) electrons. The number of rotatable bonds is 1. The van der Waals surface area contributed by atoms with E-state index in [1.807, 2.05) is 11.5 Å². The summed E-state index contributed by atoms with van der Waals surface area (Å²) in [5.41, 5.74) is 0.522. The van der Waals surface area contributed by atoms with Crippen LogP contribution in [-0.4, -0.2) is 17.5 Å². The molecule has 0 unspecified atom stereocenters. The van der Waals surface area contributed by atoms with E-state index in [9.17, 15) is 14.0 Å². The average molecular weight is 261 g/mol. The molecule has 0 bridgehead atoms. The summed E-state index contributed by atoms with van der Waals surface area (Å²) in [6.07, 6.45) is 2.02. The molecule has 1 atom stereocenters. The highest BCUT2D eigenvalue weighted by Crippen LogP contribution is 2.35. The number of pyridine rings is 1. The molecule has 0 spiro atoms. The van der Waals surface area contributed by atoms with Crippen LogP contribution in [0.1, 0.15) is 28.9 Å². The largest absolute Gasteiger partial charge is 0.489 e. The Bertz CT molecular complexity index is 764. The number of carbonyl (C=O) groups excluding carboxylic acids is 1. The second-order valence-corrected chi connectivity index (χ2v) is 4.81. The van der Waals surface area contributed by atoms with Crippen molar-refractivity contribution in [3.8, 4) is 5.75 Å². The fraction of sp³-hybridized carbons (Fsp3) is 0.286. The summed E-state index contributed by atoms with van der Waals surface area (Å²) >= 11 is 0. The zero-order valence-electron chi connectivity index (χ0n) is 10.6. The van der Waals surface area contributed by atoms with Crippen molar-refractivity contribution in [3.63, 3.8) is 0 Å². The highest BCUT2D eigenvalue weighted by Gasteiger charge is 2.24. The number of aldehydes is 1. The number of hydrogen-bond acceptors (Lipinski definition) is 3. The average Bonchev–Trinajstić information content (AvgIpc) is 2.40. The van der Waals surface area contributed by atoms with E-state index in [2.05, 4.69) is 0 Å². The molecule has 1 aromatic carbocycles. The van der Waals surface area contributed by atoms with Crippen LogP contribution in [0.4, 0.5) is 4.39 Å². The molecular weight excluding hydrogens is 249 g/mol. The molecule has 19 heavy (non-hydrogen) atoms. The van der Waals surface area contributed by atoms with Crippen LogP contribution in [-0.2, 0) is 0 Å². The Kier molecular flexibility index (Phi) is 2.45. The van der Waals surface area contributed by atoms with E-state index >= 15 is 0 Å². The van der Waals surface area contributed by atoms with Crippen LogP contribution in [0.5, 0.6) is 5.75 Å². The number of nitrogens with zero attached hydrogens (tertiary/aromatic N) is 1. The van der Waals surface area contributed by atoms with Crippen molar-refractivity contribution in [2.75, 3.05) is 6.61 Å². The van der Waals surface area contributed by atoms with Crippen molar-refractivity contribution >= 4 is 17.2 Å². The molecule has 0 saturated heterocycles. The summed E-state index contributed by atoms with van der Waals surface area (Å²) in [6, 6.07) is 1.17. The first kappa shape index (κ1) is 11.9. The first-order valence-electron chi connectivity index (χ1n) is 6.00. The van der Waals surface area contributed by atoms with Crippen molar-refractivity contribution in [3.05, 3.63) is 39.4 Å². The van der Waals surface area contributed by atoms with Crippen molar-refractivity contribution in [1.29, 1.82) is 0 Å². The van der Waals surface area contributed by atoms with Gasteiger partial charge in [0.2, 0.25) is 0 Å². The van der Waals surface area contributed by atoms with Gasteiger partial charge >= 0.3 is 0 Å². The molecule has 0 aliphatic carbocycles. The Labute approximate surface area is 108 Å². The quantitative estimate of drug-likeness (QED) is 0.739. The van der Waals surface area contributed by atoms with Crippen LogP contribution in [0.2, 0.25) is 0 Å². The number of halogens is 1.